The van der Waals surface area contributed by atoms with E-state index in [1.165, 1.54) is 199 Å². The summed E-state index contributed by atoms with van der Waals surface area (Å²) in [5, 5.41) is 0. The fourth-order valence-corrected chi connectivity index (χ4v) is 8.52. The molecule has 0 radical (unpaired) electrons. The molecular weight excluding hydrogens is 769 g/mol. The largest absolute Gasteiger partial charge is 0.462 e. The predicted molar refractivity (Wildman–Crippen MR) is 266 cm³/mol. The standard InChI is InChI=1S/C56H108O6/c1-6-7-8-9-10-11-12-13-14-18-21-24-27-30-36-41-46-54(57)60-49-53(50-61-55(58)47-42-37-33-32-35-40-45-52(4)5)62-56(59)48-43-38-31-28-25-22-19-16-15-17-20-23-26-29-34-39-44-51(2)3/h51-53H,6-50H2,1-5H3/t53-/m1/s1. The van der Waals surface area contributed by atoms with Gasteiger partial charge in [0.25, 0.3) is 0 Å². The Morgan fingerprint density at radius 2 is 0.532 bits per heavy atom. The Balaban J connectivity index is 4.23. The Morgan fingerprint density at radius 1 is 0.306 bits per heavy atom. The van der Waals surface area contributed by atoms with Crippen molar-refractivity contribution in [1.29, 1.82) is 0 Å². The van der Waals surface area contributed by atoms with Gasteiger partial charge in [0.2, 0.25) is 0 Å². The third-order valence-corrected chi connectivity index (χ3v) is 12.7. The lowest BCUT2D eigenvalue weighted by molar-refractivity contribution is -0.167. The normalized spacial score (nSPS) is 12.0. The summed E-state index contributed by atoms with van der Waals surface area (Å²) in [4.78, 5) is 38.0. The van der Waals surface area contributed by atoms with Crippen molar-refractivity contribution in [2.24, 2.45) is 11.8 Å². The summed E-state index contributed by atoms with van der Waals surface area (Å²) >= 11 is 0. The van der Waals surface area contributed by atoms with Crippen LogP contribution in [-0.4, -0.2) is 37.2 Å². The minimum Gasteiger partial charge on any atom is -0.462 e. The summed E-state index contributed by atoms with van der Waals surface area (Å²) in [5.41, 5.74) is 0. The molecule has 0 bridgehead atoms. The average Bonchev–Trinajstić information content (AvgIpc) is 3.24. The zero-order chi connectivity index (χ0) is 45.4. The van der Waals surface area contributed by atoms with E-state index in [4.69, 9.17) is 14.2 Å². The highest BCUT2D eigenvalue weighted by molar-refractivity contribution is 5.71. The molecule has 0 aliphatic heterocycles. The van der Waals surface area contributed by atoms with Crippen molar-refractivity contribution in [3.05, 3.63) is 0 Å². The first kappa shape index (κ1) is 60.4. The first-order valence-corrected chi connectivity index (χ1v) is 27.7. The van der Waals surface area contributed by atoms with Crippen molar-refractivity contribution in [3.63, 3.8) is 0 Å². The highest BCUT2D eigenvalue weighted by atomic mass is 16.6. The smallest absolute Gasteiger partial charge is 0.306 e. The van der Waals surface area contributed by atoms with E-state index in [0.717, 1.165) is 69.6 Å². The van der Waals surface area contributed by atoms with Crippen LogP contribution < -0.4 is 0 Å². The van der Waals surface area contributed by atoms with Gasteiger partial charge < -0.3 is 14.2 Å². The van der Waals surface area contributed by atoms with E-state index in [1.807, 2.05) is 0 Å². The number of carbonyl (C=O) groups is 3. The number of hydrogen-bond acceptors (Lipinski definition) is 6. The molecular formula is C56H108O6. The Kier molecular flexibility index (Phi) is 47.6. The van der Waals surface area contributed by atoms with Crippen molar-refractivity contribution in [3.8, 4) is 0 Å². The Bertz CT molecular complexity index is 947. The molecule has 0 fully saturated rings. The Morgan fingerprint density at radius 3 is 0.790 bits per heavy atom. The van der Waals surface area contributed by atoms with Crippen LogP contribution in [-0.2, 0) is 28.6 Å². The van der Waals surface area contributed by atoms with E-state index >= 15 is 0 Å². The van der Waals surface area contributed by atoms with Crippen LogP contribution in [0.25, 0.3) is 0 Å². The average molecular weight is 877 g/mol. The molecule has 0 saturated carbocycles. The van der Waals surface area contributed by atoms with Crippen LogP contribution in [0.4, 0.5) is 0 Å². The molecule has 0 aromatic heterocycles. The lowest BCUT2D eigenvalue weighted by Gasteiger charge is -2.18. The molecule has 0 heterocycles. The molecule has 6 heteroatoms. The minimum atomic E-state index is -0.762. The zero-order valence-corrected chi connectivity index (χ0v) is 42.5. The maximum Gasteiger partial charge on any atom is 0.306 e. The first-order valence-electron chi connectivity index (χ1n) is 27.7. The van der Waals surface area contributed by atoms with E-state index in [9.17, 15) is 14.4 Å². The molecule has 0 aliphatic carbocycles. The molecule has 0 unspecified atom stereocenters. The molecule has 0 aromatic rings. The minimum absolute atomic E-state index is 0.0638. The van der Waals surface area contributed by atoms with Crippen LogP contribution in [0.15, 0.2) is 0 Å². The summed E-state index contributed by atoms with van der Waals surface area (Å²) in [5.74, 6) is 0.767. The number of rotatable bonds is 50. The molecule has 0 amide bonds. The van der Waals surface area contributed by atoms with E-state index in [-0.39, 0.29) is 31.1 Å². The SMILES string of the molecule is CCCCCCCCCCCCCCCCCCC(=O)OC[C@H](COC(=O)CCCCCCCCC(C)C)OC(=O)CCCCCCCCCCCCCCCCCCC(C)C. The van der Waals surface area contributed by atoms with Gasteiger partial charge in [-0.3, -0.25) is 14.4 Å². The van der Waals surface area contributed by atoms with Crippen LogP contribution in [0, 0.1) is 11.8 Å². The van der Waals surface area contributed by atoms with E-state index in [1.54, 1.807) is 0 Å². The van der Waals surface area contributed by atoms with E-state index in [2.05, 4.69) is 34.6 Å². The van der Waals surface area contributed by atoms with Gasteiger partial charge in [0.15, 0.2) is 6.10 Å². The van der Waals surface area contributed by atoms with Crippen LogP contribution in [0.3, 0.4) is 0 Å². The van der Waals surface area contributed by atoms with Gasteiger partial charge in [0.05, 0.1) is 0 Å². The lowest BCUT2D eigenvalue weighted by Crippen LogP contribution is -2.30. The van der Waals surface area contributed by atoms with Crippen LogP contribution in [0.1, 0.15) is 311 Å². The second-order valence-electron chi connectivity index (χ2n) is 20.2. The number of unbranched alkanes of at least 4 members (excludes halogenated alkanes) is 35. The van der Waals surface area contributed by atoms with E-state index in [0.29, 0.717) is 19.3 Å². The second kappa shape index (κ2) is 48.9. The quantitative estimate of drug-likeness (QED) is 0.0344. The summed E-state index contributed by atoms with van der Waals surface area (Å²) in [7, 11) is 0. The summed E-state index contributed by atoms with van der Waals surface area (Å²) in [6.45, 7) is 11.3. The monoisotopic (exact) mass is 877 g/mol. The number of hydrogen-bond donors (Lipinski definition) is 0. The third-order valence-electron chi connectivity index (χ3n) is 12.7. The topological polar surface area (TPSA) is 78.9 Å². The fraction of sp³-hybridized carbons (Fsp3) is 0.946. The van der Waals surface area contributed by atoms with Gasteiger partial charge in [-0.2, -0.15) is 0 Å². The van der Waals surface area contributed by atoms with Crippen LogP contribution in [0.5, 0.6) is 0 Å². The number of ether oxygens (including phenoxy) is 3. The van der Waals surface area contributed by atoms with Gasteiger partial charge in [-0.05, 0) is 31.1 Å². The summed E-state index contributed by atoms with van der Waals surface area (Å²) in [6, 6.07) is 0. The van der Waals surface area contributed by atoms with Gasteiger partial charge in [0, 0.05) is 19.3 Å². The number of carbonyl (C=O) groups excluding carboxylic acids is 3. The fourth-order valence-electron chi connectivity index (χ4n) is 8.52. The molecule has 0 rings (SSSR count). The van der Waals surface area contributed by atoms with Crippen LogP contribution in [0.2, 0.25) is 0 Å². The zero-order valence-electron chi connectivity index (χ0n) is 42.5. The molecule has 0 aromatic carbocycles. The molecule has 0 N–H and O–H groups in total. The second-order valence-corrected chi connectivity index (χ2v) is 20.2. The highest BCUT2D eigenvalue weighted by Gasteiger charge is 2.19. The molecule has 368 valence electrons. The molecule has 0 saturated heterocycles. The maximum atomic E-state index is 12.8. The van der Waals surface area contributed by atoms with Crippen LogP contribution >= 0.6 is 0 Å². The molecule has 0 spiro atoms. The molecule has 62 heavy (non-hydrogen) atoms. The summed E-state index contributed by atoms with van der Waals surface area (Å²) < 4.78 is 16.8. The highest BCUT2D eigenvalue weighted by Crippen LogP contribution is 2.18. The maximum absolute atomic E-state index is 12.8. The van der Waals surface area contributed by atoms with Gasteiger partial charge in [-0.1, -0.05) is 272 Å². The third kappa shape index (κ3) is 49.4. The van der Waals surface area contributed by atoms with Gasteiger partial charge in [-0.15, -0.1) is 0 Å². The van der Waals surface area contributed by atoms with Gasteiger partial charge in [-0.25, -0.2) is 0 Å². The number of esters is 3. The van der Waals surface area contributed by atoms with E-state index < -0.39 is 6.10 Å². The first-order chi connectivity index (χ1) is 30.2. The van der Waals surface area contributed by atoms with Crippen molar-refractivity contribution in [2.45, 2.75) is 317 Å². The Hall–Kier alpha value is -1.59. The summed E-state index contributed by atoms with van der Waals surface area (Å²) in [6.07, 6.45) is 51.1. The molecule has 1 atom stereocenters. The van der Waals surface area contributed by atoms with Crippen molar-refractivity contribution >= 4 is 17.9 Å². The molecule has 6 nitrogen and oxygen atoms in total. The van der Waals surface area contributed by atoms with Gasteiger partial charge in [0.1, 0.15) is 13.2 Å². The van der Waals surface area contributed by atoms with Crippen molar-refractivity contribution in [1.82, 2.24) is 0 Å². The Labute approximate surface area is 387 Å². The predicted octanol–water partition coefficient (Wildman–Crippen LogP) is 18.1. The van der Waals surface area contributed by atoms with Crippen molar-refractivity contribution < 1.29 is 28.6 Å². The molecule has 0 aliphatic rings. The lowest BCUT2D eigenvalue weighted by atomic mass is 10.0. The van der Waals surface area contributed by atoms with Crippen molar-refractivity contribution in [2.75, 3.05) is 13.2 Å². The van der Waals surface area contributed by atoms with Gasteiger partial charge >= 0.3 is 17.9 Å².